The number of hydrogen-bond donors (Lipinski definition) is 8. The van der Waals surface area contributed by atoms with Crippen molar-refractivity contribution in [3.63, 3.8) is 0 Å². The van der Waals surface area contributed by atoms with Crippen LogP contribution in [-0.4, -0.2) is 74.9 Å². The van der Waals surface area contributed by atoms with Gasteiger partial charge in [0.05, 0.1) is 45.8 Å². The third-order valence-electron chi connectivity index (χ3n) is 6.68. The molecular weight excluding hydrogens is 894 g/mol. The number of fused-ring (bicyclic) bond motifs is 2. The number of amides is 2. The number of carbonyl (C=O) groups is 3. The summed E-state index contributed by atoms with van der Waals surface area (Å²) < 4.78 is 0.587. The highest BCUT2D eigenvalue weighted by Crippen LogP contribution is 2.31. The first-order chi connectivity index (χ1) is 27.6. The molecule has 0 bridgehead atoms. The molecule has 0 unspecified atom stereocenters. The second-order valence-corrected chi connectivity index (χ2v) is 14.3. The molecule has 0 fully saturated rings. The Labute approximate surface area is 365 Å². The van der Waals surface area contributed by atoms with Crippen LogP contribution in [-0.2, 0) is 20.8 Å². The van der Waals surface area contributed by atoms with Crippen LogP contribution in [0.15, 0.2) is 102 Å². The molecule has 0 radical (unpaired) electrons. The lowest BCUT2D eigenvalue weighted by Gasteiger charge is -2.05. The van der Waals surface area contributed by atoms with Crippen LogP contribution in [0.5, 0.6) is 17.2 Å². The lowest BCUT2D eigenvalue weighted by atomic mass is 10.2. The second-order valence-electron chi connectivity index (χ2n) is 11.1. The molecule has 0 saturated heterocycles. The van der Waals surface area contributed by atoms with Gasteiger partial charge in [0.1, 0.15) is 33.4 Å². The van der Waals surface area contributed by atoms with E-state index in [2.05, 4.69) is 35.6 Å². The van der Waals surface area contributed by atoms with Crippen molar-refractivity contribution in [1.29, 1.82) is 0 Å². The summed E-state index contributed by atoms with van der Waals surface area (Å²) in [4.78, 5) is 50.3. The molecule has 3 aromatic heterocycles. The minimum absolute atomic E-state index is 0.0686. The Hall–Kier alpha value is -5.07. The molecule has 1 aliphatic heterocycles. The van der Waals surface area contributed by atoms with Gasteiger partial charge in [-0.05, 0) is 108 Å². The third kappa shape index (κ3) is 18.0. The molecule has 4 heterocycles. The van der Waals surface area contributed by atoms with E-state index in [-0.39, 0.29) is 46.6 Å². The van der Waals surface area contributed by atoms with E-state index >= 15 is 0 Å². The molecule has 21 heteroatoms. The summed E-state index contributed by atoms with van der Waals surface area (Å²) in [5.74, 6) is 0.306. The van der Waals surface area contributed by atoms with Crippen LogP contribution in [0.1, 0.15) is 5.56 Å². The van der Waals surface area contributed by atoms with Gasteiger partial charge in [-0.1, -0.05) is 23.2 Å². The zero-order chi connectivity index (χ0) is 42.6. The Balaban J connectivity index is 0.000000213. The first kappa shape index (κ1) is 47.3. The summed E-state index contributed by atoms with van der Waals surface area (Å²) in [5.41, 5.74) is 10.9. The molecule has 2 amide bonds. The van der Waals surface area contributed by atoms with Gasteiger partial charge >= 0.3 is 0 Å². The van der Waals surface area contributed by atoms with Gasteiger partial charge in [-0.15, -0.1) is 35.0 Å². The van der Waals surface area contributed by atoms with Gasteiger partial charge in [0.2, 0.25) is 17.1 Å². The molecule has 0 saturated carbocycles. The number of phenols is 3. The number of benzene rings is 3. The van der Waals surface area contributed by atoms with Gasteiger partial charge in [0.15, 0.2) is 4.77 Å². The number of carbonyl (C=O) groups excluding carboxylic acids is 3. The summed E-state index contributed by atoms with van der Waals surface area (Å²) in [7, 11) is 0. The molecule has 0 atom stereocenters. The van der Waals surface area contributed by atoms with Crippen molar-refractivity contribution < 1.29 is 29.7 Å². The summed E-state index contributed by atoms with van der Waals surface area (Å²) >= 11 is 32.6. The van der Waals surface area contributed by atoms with E-state index in [0.717, 1.165) is 27.3 Å². The van der Waals surface area contributed by atoms with Gasteiger partial charge in [-0.3, -0.25) is 14.4 Å². The van der Waals surface area contributed by atoms with Crippen molar-refractivity contribution in [1.82, 2.24) is 19.9 Å². The van der Waals surface area contributed by atoms with E-state index in [4.69, 9.17) is 86.2 Å². The van der Waals surface area contributed by atoms with Crippen molar-refractivity contribution in [2.24, 2.45) is 4.99 Å². The van der Waals surface area contributed by atoms with Crippen LogP contribution < -0.4 is 16.4 Å². The van der Waals surface area contributed by atoms with E-state index in [9.17, 15) is 19.5 Å². The van der Waals surface area contributed by atoms with Crippen LogP contribution in [0.4, 0.5) is 22.7 Å². The topological polar surface area (TPSA) is 232 Å². The molecule has 58 heavy (non-hydrogen) atoms. The maximum atomic E-state index is 11.9. The molecular formula is C37H33Cl5N8O6S2. The van der Waals surface area contributed by atoms with Crippen LogP contribution in [0.3, 0.4) is 0 Å². The Kier molecular flexibility index (Phi) is 20.1. The molecule has 304 valence electrons. The number of hydrogen-bond acceptors (Lipinski definition) is 12. The van der Waals surface area contributed by atoms with Crippen molar-refractivity contribution in [3.8, 4) is 17.2 Å². The lowest BCUT2D eigenvalue weighted by Crippen LogP contribution is -2.15. The first-order valence-electron chi connectivity index (χ1n) is 16.2. The molecule has 9 N–H and O–H groups in total. The number of phenolic OH excluding ortho intramolecular Hbond substituents is 3. The predicted octanol–water partition coefficient (Wildman–Crippen LogP) is 9.21. The summed E-state index contributed by atoms with van der Waals surface area (Å²) in [5, 5.41) is 33.4. The molecule has 7 rings (SSSR count). The quantitative estimate of drug-likeness (QED) is 0.0196. The number of nitrogens with two attached hydrogens (primary N) is 1. The normalized spacial score (nSPS) is 10.7. The number of aromatic hydroxyl groups is 3. The smallest absolute Gasteiger partial charge is 0.239 e. The van der Waals surface area contributed by atoms with Crippen LogP contribution in [0.2, 0.25) is 10.3 Å². The van der Waals surface area contributed by atoms with Crippen molar-refractivity contribution in [2.45, 2.75) is 6.42 Å². The highest BCUT2D eigenvalue weighted by molar-refractivity contribution is 8.14. The Morgan fingerprint density at radius 2 is 1.22 bits per heavy atom. The maximum Gasteiger partial charge on any atom is 0.239 e. The third-order valence-corrected chi connectivity index (χ3v) is 9.03. The van der Waals surface area contributed by atoms with E-state index in [0.29, 0.717) is 38.6 Å². The highest BCUT2D eigenvalue weighted by atomic mass is 35.5. The minimum Gasteiger partial charge on any atom is -0.508 e. The predicted molar refractivity (Wildman–Crippen MR) is 237 cm³/mol. The number of aliphatic imine (C=N–C) groups is 1. The molecule has 3 aromatic carbocycles. The zero-order valence-corrected chi connectivity index (χ0v) is 35.2. The molecule has 6 aromatic rings. The van der Waals surface area contributed by atoms with Gasteiger partial charge in [0, 0.05) is 29.5 Å². The van der Waals surface area contributed by atoms with Crippen LogP contribution in [0.25, 0.3) is 11.0 Å². The number of aromatic nitrogens is 4. The number of aromatic amines is 2. The fourth-order valence-electron chi connectivity index (χ4n) is 4.14. The summed E-state index contributed by atoms with van der Waals surface area (Å²) in [6, 6.07) is 22.4. The number of pyridine rings is 2. The van der Waals surface area contributed by atoms with Gasteiger partial charge in [0.25, 0.3) is 0 Å². The van der Waals surface area contributed by atoms with Crippen LogP contribution in [0, 0.1) is 4.77 Å². The monoisotopic (exact) mass is 924 g/mol. The van der Waals surface area contributed by atoms with Gasteiger partial charge < -0.3 is 41.7 Å². The number of alkyl halides is 2. The fraction of sp³-hybridized carbons (Fsp3) is 0.108. The van der Waals surface area contributed by atoms with Gasteiger partial charge in [-0.2, -0.15) is 0 Å². The first-order valence-corrected chi connectivity index (χ1v) is 19.8. The van der Waals surface area contributed by atoms with Crippen molar-refractivity contribution in [2.75, 3.05) is 33.9 Å². The number of nitrogen functional groups attached to an aromatic ring is 1. The van der Waals surface area contributed by atoms with E-state index in [1.54, 1.807) is 73.1 Å². The number of H-pyrrole nitrogens is 2. The number of rotatable bonds is 6. The number of imidazole rings is 1. The maximum absolute atomic E-state index is 11.9. The Bertz CT molecular complexity index is 2350. The second kappa shape index (κ2) is 24.6. The van der Waals surface area contributed by atoms with E-state index in [1.165, 1.54) is 36.0 Å². The standard InChI is InChI=1S/C15H12ClN3O2S.C8H8ClNO2.C6H4ClN3S.C6H7NO.C2H2Cl2O/c16-13-5-9-6-15(19-12(9)7-17-13)22-8-14(21)18-10-1-3-11(20)4-2-10;9-5-8(12)10-6-1-3-7(11)4-2-6;7-5-1-3-4(2-8-5)10-6(11)9-3;7-5-1-3-6(8)4-2-5;3-1-2(4)5/h1-5,7,20H,6,8H2,(H,18,21);1-4,11H,5H2,(H,10,12);1-2H,(H2,9,10,11);1-4,8H,7H2;1H2. The lowest BCUT2D eigenvalue weighted by molar-refractivity contribution is -0.114. The number of anilines is 3. The highest BCUT2D eigenvalue weighted by Gasteiger charge is 2.17. The average molecular weight is 927 g/mol. The Morgan fingerprint density at radius 3 is 1.74 bits per heavy atom. The molecule has 0 aliphatic carbocycles. The number of nitrogens with one attached hydrogen (secondary N) is 4. The molecule has 14 nitrogen and oxygen atoms in total. The summed E-state index contributed by atoms with van der Waals surface area (Å²) in [6.45, 7) is 0. The van der Waals surface area contributed by atoms with E-state index < -0.39 is 5.24 Å². The molecule has 1 aliphatic rings. The average Bonchev–Trinajstić information content (AvgIpc) is 3.79. The molecule has 0 spiro atoms. The number of nitrogens with zero attached hydrogens (tertiary/aromatic N) is 3. The van der Waals surface area contributed by atoms with Crippen molar-refractivity contribution >= 4 is 138 Å². The minimum atomic E-state index is -0.508. The largest absolute Gasteiger partial charge is 0.508 e. The SMILES string of the molecule is Nc1ccc(O)cc1.O=C(CCl)Nc1ccc(O)cc1.O=C(CSC1=Nc2cnc(Cl)cc2C1)Nc1ccc(O)cc1.O=C(Cl)CCl.S=c1[nH]c2cnc(Cl)cc2[nH]1. The summed E-state index contributed by atoms with van der Waals surface area (Å²) in [6.07, 6.45) is 3.96. The van der Waals surface area contributed by atoms with Gasteiger partial charge in [-0.25, -0.2) is 15.0 Å². The van der Waals surface area contributed by atoms with Crippen molar-refractivity contribution in [3.05, 3.63) is 118 Å². The number of halogens is 5. The Morgan fingerprint density at radius 1 is 0.741 bits per heavy atom. The van der Waals surface area contributed by atoms with E-state index in [1.807, 2.05) is 0 Å². The van der Waals surface area contributed by atoms with Crippen LogP contribution >= 0.6 is 82.0 Å². The zero-order valence-electron chi connectivity index (χ0n) is 29.8. The fourth-order valence-corrected chi connectivity index (χ4v) is 5.55. The number of thioether (sulfide) groups is 1.